The zero-order chi connectivity index (χ0) is 19.8. The number of benzene rings is 1. The number of aromatic nitrogens is 2. The summed E-state index contributed by atoms with van der Waals surface area (Å²) in [5.41, 5.74) is 3.13. The quantitative estimate of drug-likeness (QED) is 0.431. The fourth-order valence-corrected chi connectivity index (χ4v) is 4.39. The summed E-state index contributed by atoms with van der Waals surface area (Å²) in [7, 11) is 0. The van der Waals surface area contributed by atoms with E-state index in [4.69, 9.17) is 21.0 Å². The number of amides is 1. The molecule has 142 valence electrons. The highest BCUT2D eigenvalue weighted by Gasteiger charge is 2.26. The van der Waals surface area contributed by atoms with E-state index in [0.29, 0.717) is 33.8 Å². The van der Waals surface area contributed by atoms with Crippen LogP contribution in [-0.2, 0) is 6.54 Å². The number of furan rings is 1. The first-order valence-electron chi connectivity index (χ1n) is 8.78. The maximum Gasteiger partial charge on any atom is 0.263 e. The van der Waals surface area contributed by atoms with Crippen LogP contribution in [0.1, 0.15) is 33.1 Å². The Bertz CT molecular complexity index is 1130. The number of carbonyl (C=O) groups is 1. The van der Waals surface area contributed by atoms with Crippen LogP contribution in [-0.4, -0.2) is 15.9 Å². The monoisotopic (exact) mass is 411 g/mol. The predicted octanol–water partition coefficient (Wildman–Crippen LogP) is 5.71. The fourth-order valence-electron chi connectivity index (χ4n) is 3.07. The van der Waals surface area contributed by atoms with E-state index in [1.54, 1.807) is 24.1 Å². The molecular weight excluding hydrogens is 394 g/mol. The van der Waals surface area contributed by atoms with E-state index >= 15 is 0 Å². The van der Waals surface area contributed by atoms with Crippen molar-refractivity contribution in [3.05, 3.63) is 76.0 Å². The largest absolute Gasteiger partial charge is 0.466 e. The molecule has 0 fully saturated rings. The number of hydrogen-bond acceptors (Lipinski definition) is 5. The van der Waals surface area contributed by atoms with Gasteiger partial charge in [0.2, 0.25) is 0 Å². The van der Waals surface area contributed by atoms with E-state index in [-0.39, 0.29) is 5.91 Å². The maximum absolute atomic E-state index is 13.4. The zero-order valence-electron chi connectivity index (χ0n) is 15.7. The van der Waals surface area contributed by atoms with Gasteiger partial charge in [-0.25, -0.2) is 4.98 Å². The molecule has 0 bridgehead atoms. The molecule has 4 aromatic rings. The van der Waals surface area contributed by atoms with Gasteiger partial charge >= 0.3 is 0 Å². The Morgan fingerprint density at radius 3 is 2.68 bits per heavy atom. The van der Waals surface area contributed by atoms with Crippen molar-refractivity contribution < 1.29 is 9.21 Å². The van der Waals surface area contributed by atoms with Gasteiger partial charge in [0.15, 0.2) is 5.13 Å². The van der Waals surface area contributed by atoms with Crippen molar-refractivity contribution in [2.24, 2.45) is 0 Å². The lowest BCUT2D eigenvalue weighted by atomic mass is 10.2. The van der Waals surface area contributed by atoms with Crippen LogP contribution in [0.5, 0.6) is 0 Å². The fraction of sp³-hybridized carbons (Fsp3) is 0.190. The minimum absolute atomic E-state index is 0.173. The number of anilines is 1. The molecule has 3 heterocycles. The van der Waals surface area contributed by atoms with Crippen molar-refractivity contribution in [2.45, 2.75) is 27.3 Å². The molecule has 4 rings (SSSR count). The normalized spacial score (nSPS) is 11.1. The second-order valence-electron chi connectivity index (χ2n) is 6.58. The third kappa shape index (κ3) is 3.41. The smallest absolute Gasteiger partial charge is 0.263 e. The minimum Gasteiger partial charge on any atom is -0.466 e. The van der Waals surface area contributed by atoms with E-state index in [1.165, 1.54) is 11.3 Å². The summed E-state index contributed by atoms with van der Waals surface area (Å²) in [5, 5.41) is 1.21. The van der Waals surface area contributed by atoms with Crippen LogP contribution in [0.3, 0.4) is 0 Å². The maximum atomic E-state index is 13.4. The lowest BCUT2D eigenvalue weighted by molar-refractivity contribution is 0.0983. The molecule has 28 heavy (non-hydrogen) atoms. The molecule has 7 heteroatoms. The van der Waals surface area contributed by atoms with Crippen molar-refractivity contribution in [1.29, 1.82) is 0 Å². The number of fused-ring (bicyclic) bond motifs is 1. The Morgan fingerprint density at radius 2 is 2.04 bits per heavy atom. The number of halogens is 1. The molecule has 0 radical (unpaired) electrons. The number of hydrogen-bond donors (Lipinski definition) is 0. The van der Waals surface area contributed by atoms with Crippen LogP contribution in [0.4, 0.5) is 5.13 Å². The zero-order valence-corrected chi connectivity index (χ0v) is 17.3. The Balaban J connectivity index is 1.83. The molecule has 0 saturated carbocycles. The Hall–Kier alpha value is -2.70. The average Bonchev–Trinajstić information content (AvgIpc) is 3.27. The van der Waals surface area contributed by atoms with Crippen LogP contribution >= 0.6 is 22.9 Å². The summed E-state index contributed by atoms with van der Waals surface area (Å²) in [6.07, 6.45) is 1.71. The van der Waals surface area contributed by atoms with Crippen molar-refractivity contribution in [3.63, 3.8) is 0 Å². The van der Waals surface area contributed by atoms with E-state index in [1.807, 2.05) is 44.2 Å². The number of thiazole rings is 1. The van der Waals surface area contributed by atoms with Gasteiger partial charge in [0.05, 0.1) is 33.0 Å². The summed E-state index contributed by atoms with van der Waals surface area (Å²) < 4.78 is 6.44. The number of aryl methyl sites for hydroxylation is 3. The molecular formula is C21H18ClN3O2S. The van der Waals surface area contributed by atoms with Gasteiger partial charge in [0.1, 0.15) is 11.5 Å². The average molecular weight is 412 g/mol. The summed E-state index contributed by atoms with van der Waals surface area (Å²) in [6.45, 7) is 5.91. The Kier molecular flexibility index (Phi) is 4.91. The Morgan fingerprint density at radius 1 is 1.21 bits per heavy atom. The molecule has 0 spiro atoms. The van der Waals surface area contributed by atoms with E-state index in [9.17, 15) is 4.79 Å². The first kappa shape index (κ1) is 18.7. The van der Waals surface area contributed by atoms with Crippen molar-refractivity contribution in [3.8, 4) is 0 Å². The number of pyridine rings is 1. The molecule has 0 N–H and O–H groups in total. The summed E-state index contributed by atoms with van der Waals surface area (Å²) >= 11 is 7.78. The van der Waals surface area contributed by atoms with Gasteiger partial charge in [-0.05, 0) is 50.6 Å². The highest BCUT2D eigenvalue weighted by atomic mass is 35.5. The second kappa shape index (κ2) is 7.37. The minimum atomic E-state index is -0.173. The molecule has 1 aromatic carbocycles. The third-order valence-electron chi connectivity index (χ3n) is 4.48. The topological polar surface area (TPSA) is 59.2 Å². The lowest BCUT2D eigenvalue weighted by Crippen LogP contribution is -2.30. The van der Waals surface area contributed by atoms with Crippen molar-refractivity contribution in [2.75, 3.05) is 4.90 Å². The predicted molar refractivity (Wildman–Crippen MR) is 112 cm³/mol. The molecule has 5 nitrogen and oxygen atoms in total. The SMILES string of the molecule is Cc1cc(C(=O)N(Cc2ccccn2)c2nc3c(C)ccc(Cl)c3s2)c(C)o1. The van der Waals surface area contributed by atoms with Crippen molar-refractivity contribution >= 4 is 44.2 Å². The Labute approximate surface area is 171 Å². The summed E-state index contributed by atoms with van der Waals surface area (Å²) in [6, 6.07) is 11.2. The van der Waals surface area contributed by atoms with E-state index in [0.717, 1.165) is 21.5 Å². The van der Waals surface area contributed by atoms with Gasteiger partial charge in [0, 0.05) is 6.20 Å². The first-order chi connectivity index (χ1) is 13.4. The van der Waals surface area contributed by atoms with Gasteiger partial charge in [0.25, 0.3) is 5.91 Å². The molecule has 0 saturated heterocycles. The van der Waals surface area contributed by atoms with Crippen LogP contribution in [0.25, 0.3) is 10.2 Å². The van der Waals surface area contributed by atoms with Gasteiger partial charge in [-0.3, -0.25) is 14.7 Å². The van der Waals surface area contributed by atoms with Gasteiger partial charge in [-0.1, -0.05) is 35.1 Å². The second-order valence-corrected chi connectivity index (χ2v) is 7.96. The summed E-state index contributed by atoms with van der Waals surface area (Å²) in [5.74, 6) is 1.11. The van der Waals surface area contributed by atoms with Gasteiger partial charge in [-0.15, -0.1) is 0 Å². The lowest BCUT2D eigenvalue weighted by Gasteiger charge is -2.19. The summed E-state index contributed by atoms with van der Waals surface area (Å²) in [4.78, 5) is 24.1. The molecule has 3 aromatic heterocycles. The van der Waals surface area contributed by atoms with Crippen molar-refractivity contribution in [1.82, 2.24) is 9.97 Å². The molecule has 0 aliphatic heterocycles. The van der Waals surface area contributed by atoms with Crippen LogP contribution in [0.15, 0.2) is 47.0 Å². The number of carbonyl (C=O) groups excluding carboxylic acids is 1. The standard InChI is InChI=1S/C21H18ClN3O2S/c1-12-7-8-17(22)19-18(12)24-21(28-19)25(11-15-6-4-5-9-23-15)20(26)16-10-13(2)27-14(16)3/h4-10H,11H2,1-3H3. The van der Waals surface area contributed by atoms with Crippen LogP contribution in [0.2, 0.25) is 5.02 Å². The van der Waals surface area contributed by atoms with Crippen LogP contribution < -0.4 is 4.90 Å². The number of nitrogens with zero attached hydrogens (tertiary/aromatic N) is 3. The molecule has 0 aliphatic carbocycles. The molecule has 0 atom stereocenters. The molecule has 0 aliphatic rings. The van der Waals surface area contributed by atoms with Crippen LogP contribution in [0, 0.1) is 20.8 Å². The third-order valence-corrected chi connectivity index (χ3v) is 6.02. The number of rotatable bonds is 4. The van der Waals surface area contributed by atoms with E-state index in [2.05, 4.69) is 4.98 Å². The highest BCUT2D eigenvalue weighted by Crippen LogP contribution is 2.36. The van der Waals surface area contributed by atoms with Gasteiger partial charge < -0.3 is 4.42 Å². The van der Waals surface area contributed by atoms with E-state index < -0.39 is 0 Å². The highest BCUT2D eigenvalue weighted by molar-refractivity contribution is 7.23. The van der Waals surface area contributed by atoms with Gasteiger partial charge in [-0.2, -0.15) is 0 Å². The molecule has 1 amide bonds. The first-order valence-corrected chi connectivity index (χ1v) is 9.98. The molecule has 0 unspecified atom stereocenters.